The summed E-state index contributed by atoms with van der Waals surface area (Å²) in [6, 6.07) is 1.45. The maximum atomic E-state index is 11.1. The van der Waals surface area contributed by atoms with Crippen LogP contribution in [-0.4, -0.2) is 40.5 Å². The summed E-state index contributed by atoms with van der Waals surface area (Å²) in [4.78, 5) is 15.1. The number of ether oxygens (including phenoxy) is 1. The highest BCUT2D eigenvalue weighted by Crippen LogP contribution is 2.37. The Morgan fingerprint density at radius 1 is 1.32 bits per heavy atom. The van der Waals surface area contributed by atoms with Gasteiger partial charge in [-0.2, -0.15) is 0 Å². The van der Waals surface area contributed by atoms with Crippen LogP contribution in [0.1, 0.15) is 51.0 Å². The Hall–Kier alpha value is -1.60. The first-order valence-electron chi connectivity index (χ1n) is 7.45. The number of carboxylic acid groups (broad SMARTS) is 1. The van der Waals surface area contributed by atoms with Crippen LogP contribution in [0.2, 0.25) is 0 Å². The predicted molar refractivity (Wildman–Crippen MR) is 80.6 cm³/mol. The van der Waals surface area contributed by atoms with E-state index in [0.717, 1.165) is 12.8 Å². The fourth-order valence-electron chi connectivity index (χ4n) is 2.18. The van der Waals surface area contributed by atoms with E-state index in [1.54, 1.807) is 0 Å². The molecule has 1 aliphatic carbocycles. The molecule has 22 heavy (non-hydrogen) atoms. The van der Waals surface area contributed by atoms with Crippen molar-refractivity contribution in [3.8, 4) is 5.75 Å². The van der Waals surface area contributed by atoms with Gasteiger partial charge >= 0.3 is 13.1 Å². The lowest BCUT2D eigenvalue weighted by Gasteiger charge is -2.32. The molecule has 0 radical (unpaired) electrons. The summed E-state index contributed by atoms with van der Waals surface area (Å²) >= 11 is 0. The van der Waals surface area contributed by atoms with Crippen LogP contribution in [-0.2, 0) is 9.31 Å². The molecule has 6 nitrogen and oxygen atoms in total. The molecule has 1 saturated heterocycles. The molecule has 1 aromatic rings. The monoisotopic (exact) mass is 305 g/mol. The van der Waals surface area contributed by atoms with Crippen molar-refractivity contribution in [2.75, 3.05) is 0 Å². The minimum absolute atomic E-state index is 0.0454. The van der Waals surface area contributed by atoms with Crippen LogP contribution in [0, 0.1) is 0 Å². The topological polar surface area (TPSA) is 77.9 Å². The van der Waals surface area contributed by atoms with Crippen LogP contribution in [0.3, 0.4) is 0 Å². The van der Waals surface area contributed by atoms with Gasteiger partial charge in [0.2, 0.25) is 0 Å². The van der Waals surface area contributed by atoms with Crippen molar-refractivity contribution in [1.82, 2.24) is 4.98 Å². The molecular weight excluding hydrogens is 285 g/mol. The smallest absolute Gasteiger partial charge is 0.491 e. The maximum Gasteiger partial charge on any atom is 0.500 e. The zero-order chi connectivity index (χ0) is 16.1. The van der Waals surface area contributed by atoms with Gasteiger partial charge in [0.25, 0.3) is 0 Å². The molecular formula is C15H20BNO5. The summed E-state index contributed by atoms with van der Waals surface area (Å²) < 4.78 is 17.8. The van der Waals surface area contributed by atoms with E-state index in [4.69, 9.17) is 19.2 Å². The van der Waals surface area contributed by atoms with E-state index < -0.39 is 24.3 Å². The van der Waals surface area contributed by atoms with Gasteiger partial charge in [0.05, 0.1) is 17.3 Å². The second-order valence-electron chi connectivity index (χ2n) is 6.82. The molecule has 0 aromatic carbocycles. The van der Waals surface area contributed by atoms with Crippen molar-refractivity contribution in [2.24, 2.45) is 0 Å². The Kier molecular flexibility index (Phi) is 3.45. The van der Waals surface area contributed by atoms with Gasteiger partial charge in [0.15, 0.2) is 5.69 Å². The number of carboxylic acids is 1. The van der Waals surface area contributed by atoms with Crippen LogP contribution in [0.15, 0.2) is 12.3 Å². The Bertz CT molecular complexity index is 596. The number of aromatic carboxylic acids is 1. The molecule has 0 unspecified atom stereocenters. The van der Waals surface area contributed by atoms with E-state index in [0.29, 0.717) is 11.2 Å². The molecule has 2 heterocycles. The Morgan fingerprint density at radius 2 is 1.91 bits per heavy atom. The fourth-order valence-corrected chi connectivity index (χ4v) is 2.18. The first-order valence-corrected chi connectivity index (χ1v) is 7.45. The van der Waals surface area contributed by atoms with Gasteiger partial charge in [0, 0.05) is 17.7 Å². The maximum absolute atomic E-state index is 11.1. The molecule has 0 spiro atoms. The molecule has 1 aromatic heterocycles. The molecule has 2 aliphatic rings. The van der Waals surface area contributed by atoms with Crippen molar-refractivity contribution in [3.63, 3.8) is 0 Å². The number of nitrogens with zero attached hydrogens (tertiary/aromatic N) is 1. The van der Waals surface area contributed by atoms with Crippen LogP contribution in [0.4, 0.5) is 0 Å². The van der Waals surface area contributed by atoms with Gasteiger partial charge in [-0.05, 0) is 40.5 Å². The van der Waals surface area contributed by atoms with E-state index in [1.807, 2.05) is 27.7 Å². The lowest BCUT2D eigenvalue weighted by molar-refractivity contribution is 0.00578. The second-order valence-corrected chi connectivity index (χ2v) is 6.82. The summed E-state index contributed by atoms with van der Waals surface area (Å²) in [5.74, 6) is -0.602. The molecule has 2 fully saturated rings. The van der Waals surface area contributed by atoms with Crippen molar-refractivity contribution in [2.45, 2.75) is 57.8 Å². The summed E-state index contributed by atoms with van der Waals surface area (Å²) in [7, 11) is -0.617. The first-order chi connectivity index (χ1) is 10.2. The zero-order valence-corrected chi connectivity index (χ0v) is 13.3. The largest absolute Gasteiger partial charge is 0.500 e. The van der Waals surface area contributed by atoms with Crippen molar-refractivity contribution in [3.05, 3.63) is 18.0 Å². The van der Waals surface area contributed by atoms with Crippen molar-refractivity contribution in [1.29, 1.82) is 0 Å². The van der Waals surface area contributed by atoms with Crippen LogP contribution in [0.5, 0.6) is 5.75 Å². The highest BCUT2D eigenvalue weighted by Gasteiger charge is 2.52. The summed E-state index contributed by atoms with van der Waals surface area (Å²) in [5.41, 5.74) is -0.355. The average molecular weight is 305 g/mol. The van der Waals surface area contributed by atoms with E-state index >= 15 is 0 Å². The molecule has 118 valence electrons. The lowest BCUT2D eigenvalue weighted by Crippen LogP contribution is -2.41. The van der Waals surface area contributed by atoms with E-state index in [2.05, 4.69) is 4.98 Å². The SMILES string of the molecule is CC1(C)OB(c2cnc(C(=O)O)cc2OC2CC2)OC1(C)C. The normalized spacial score (nSPS) is 22.6. The number of rotatable bonds is 4. The molecule has 1 aliphatic heterocycles. The summed E-state index contributed by atoms with van der Waals surface area (Å²) in [6.45, 7) is 7.86. The Balaban J connectivity index is 1.94. The standard InChI is InChI=1S/C15H20BNO5/c1-14(2)15(3,4)22-16(21-14)10-8-17-11(13(18)19)7-12(10)20-9-5-6-9/h7-9H,5-6H2,1-4H3,(H,18,19). The first kappa shape index (κ1) is 15.3. The third-order valence-electron chi connectivity index (χ3n) is 4.44. The van der Waals surface area contributed by atoms with Gasteiger partial charge < -0.3 is 19.2 Å². The fraction of sp³-hybridized carbons (Fsp3) is 0.600. The summed E-state index contributed by atoms with van der Waals surface area (Å²) in [5, 5.41) is 9.10. The van der Waals surface area contributed by atoms with Crippen LogP contribution >= 0.6 is 0 Å². The highest BCUT2D eigenvalue weighted by atomic mass is 16.7. The van der Waals surface area contributed by atoms with Crippen LogP contribution in [0.25, 0.3) is 0 Å². The van der Waals surface area contributed by atoms with E-state index in [1.165, 1.54) is 12.3 Å². The third kappa shape index (κ3) is 2.70. The minimum Gasteiger partial charge on any atom is -0.491 e. The molecule has 0 bridgehead atoms. The average Bonchev–Trinajstić information content (AvgIpc) is 3.17. The Labute approximate surface area is 129 Å². The minimum atomic E-state index is -1.08. The van der Waals surface area contributed by atoms with Gasteiger partial charge in [-0.25, -0.2) is 9.78 Å². The molecule has 1 N–H and O–H groups in total. The number of hydrogen-bond acceptors (Lipinski definition) is 5. The predicted octanol–water partition coefficient (Wildman–Crippen LogP) is 1.62. The van der Waals surface area contributed by atoms with E-state index in [9.17, 15) is 4.79 Å². The summed E-state index contributed by atoms with van der Waals surface area (Å²) in [6.07, 6.45) is 3.58. The number of carbonyl (C=O) groups is 1. The molecule has 1 saturated carbocycles. The quantitative estimate of drug-likeness (QED) is 0.852. The molecule has 0 atom stereocenters. The van der Waals surface area contributed by atoms with Crippen LogP contribution < -0.4 is 10.2 Å². The highest BCUT2D eigenvalue weighted by molar-refractivity contribution is 6.63. The van der Waals surface area contributed by atoms with Gasteiger partial charge in [-0.15, -0.1) is 0 Å². The zero-order valence-electron chi connectivity index (χ0n) is 13.3. The molecule has 7 heteroatoms. The van der Waals surface area contributed by atoms with Gasteiger partial charge in [-0.3, -0.25) is 0 Å². The Morgan fingerprint density at radius 3 is 2.41 bits per heavy atom. The van der Waals surface area contributed by atoms with Gasteiger partial charge in [0.1, 0.15) is 5.75 Å². The van der Waals surface area contributed by atoms with Crippen molar-refractivity contribution < 1.29 is 23.9 Å². The molecule has 3 rings (SSSR count). The lowest BCUT2D eigenvalue weighted by atomic mass is 9.79. The third-order valence-corrected chi connectivity index (χ3v) is 4.44. The van der Waals surface area contributed by atoms with E-state index in [-0.39, 0.29) is 11.8 Å². The van der Waals surface area contributed by atoms with Crippen molar-refractivity contribution >= 4 is 18.6 Å². The molecule has 0 amide bonds. The van der Waals surface area contributed by atoms with Gasteiger partial charge in [-0.1, -0.05) is 0 Å². The number of pyridine rings is 1. The number of hydrogen-bond donors (Lipinski definition) is 1. The number of aromatic nitrogens is 1. The second kappa shape index (κ2) is 4.96.